The summed E-state index contributed by atoms with van der Waals surface area (Å²) in [6.45, 7) is 2.58. The molecule has 1 aliphatic heterocycles. The van der Waals surface area contributed by atoms with Crippen LogP contribution in [0.25, 0.3) is 0 Å². The van der Waals surface area contributed by atoms with Crippen molar-refractivity contribution in [2.24, 2.45) is 0 Å². The van der Waals surface area contributed by atoms with Crippen molar-refractivity contribution in [3.05, 3.63) is 35.1 Å². The van der Waals surface area contributed by atoms with E-state index in [1.54, 1.807) is 11.8 Å². The van der Waals surface area contributed by atoms with Gasteiger partial charge in [-0.1, -0.05) is 13.0 Å². The minimum Gasteiger partial charge on any atom is -0.309 e. The molecule has 112 valence electrons. The van der Waals surface area contributed by atoms with Crippen LogP contribution in [0.5, 0.6) is 0 Å². The van der Waals surface area contributed by atoms with Crippen molar-refractivity contribution in [3.8, 4) is 0 Å². The predicted molar refractivity (Wildman–Crippen MR) is 73.3 cm³/mol. The van der Waals surface area contributed by atoms with Gasteiger partial charge < -0.3 is 5.32 Å². The Kier molecular flexibility index (Phi) is 4.96. The standard InChI is InChI=1S/C14H17F4NS/c1-2-19-13(12-4-3-7-20-12)9-5-6-11(15)10(8-9)14(16,17)18/h5-6,8,12-13,19H,2-4,7H2,1H3. The zero-order valence-electron chi connectivity index (χ0n) is 11.1. The third kappa shape index (κ3) is 3.47. The number of halogens is 4. The molecular formula is C14H17F4NS. The summed E-state index contributed by atoms with van der Waals surface area (Å²) in [5.41, 5.74) is -0.666. The van der Waals surface area contributed by atoms with Crippen molar-refractivity contribution >= 4 is 11.8 Å². The maximum atomic E-state index is 13.3. The van der Waals surface area contributed by atoms with Crippen LogP contribution in [0.2, 0.25) is 0 Å². The normalized spacial score (nSPS) is 21.1. The van der Waals surface area contributed by atoms with Crippen LogP contribution < -0.4 is 5.32 Å². The zero-order chi connectivity index (χ0) is 14.8. The maximum Gasteiger partial charge on any atom is 0.419 e. The van der Waals surface area contributed by atoms with Crippen LogP contribution in [-0.2, 0) is 6.18 Å². The molecule has 2 rings (SSSR count). The molecular weight excluding hydrogens is 290 g/mol. The fourth-order valence-corrected chi connectivity index (χ4v) is 3.92. The highest BCUT2D eigenvalue weighted by Crippen LogP contribution is 2.38. The SMILES string of the molecule is CCNC(c1ccc(F)c(C(F)(F)F)c1)C1CCCS1. The summed E-state index contributed by atoms with van der Waals surface area (Å²) in [5, 5.41) is 3.48. The number of alkyl halides is 3. The zero-order valence-corrected chi connectivity index (χ0v) is 12.0. The van der Waals surface area contributed by atoms with Gasteiger partial charge in [-0.25, -0.2) is 4.39 Å². The quantitative estimate of drug-likeness (QED) is 0.828. The summed E-state index contributed by atoms with van der Waals surface area (Å²) < 4.78 is 51.7. The Morgan fingerprint density at radius 2 is 2.15 bits per heavy atom. The monoisotopic (exact) mass is 307 g/mol. The summed E-state index contributed by atoms with van der Waals surface area (Å²) in [5.74, 6) is -0.185. The first-order chi connectivity index (χ1) is 9.43. The summed E-state index contributed by atoms with van der Waals surface area (Å²) in [7, 11) is 0. The highest BCUT2D eigenvalue weighted by Gasteiger charge is 2.35. The second-order valence-electron chi connectivity index (χ2n) is 4.82. The number of benzene rings is 1. The molecule has 20 heavy (non-hydrogen) atoms. The molecule has 0 aliphatic carbocycles. The number of rotatable bonds is 4. The minimum atomic E-state index is -4.65. The third-order valence-corrected chi connectivity index (χ3v) is 4.88. The van der Waals surface area contributed by atoms with Gasteiger partial charge in [-0.2, -0.15) is 24.9 Å². The highest BCUT2D eigenvalue weighted by molar-refractivity contribution is 8.00. The summed E-state index contributed by atoms with van der Waals surface area (Å²) in [6, 6.07) is 3.16. The smallest absolute Gasteiger partial charge is 0.309 e. The van der Waals surface area contributed by atoms with E-state index in [2.05, 4.69) is 5.32 Å². The van der Waals surface area contributed by atoms with Crippen molar-refractivity contribution in [1.82, 2.24) is 5.32 Å². The van der Waals surface area contributed by atoms with Gasteiger partial charge in [0.05, 0.1) is 5.56 Å². The maximum absolute atomic E-state index is 13.3. The van der Waals surface area contributed by atoms with Crippen LogP contribution in [0.4, 0.5) is 17.6 Å². The van der Waals surface area contributed by atoms with Gasteiger partial charge in [-0.15, -0.1) is 0 Å². The number of hydrogen-bond donors (Lipinski definition) is 1. The Balaban J connectivity index is 2.33. The van der Waals surface area contributed by atoms with Gasteiger partial charge in [0.15, 0.2) is 0 Å². The van der Waals surface area contributed by atoms with Gasteiger partial charge in [-0.3, -0.25) is 0 Å². The van der Waals surface area contributed by atoms with Crippen molar-refractivity contribution in [2.75, 3.05) is 12.3 Å². The lowest BCUT2D eigenvalue weighted by molar-refractivity contribution is -0.140. The first kappa shape index (κ1) is 15.6. The Labute approximate surface area is 120 Å². The molecule has 0 aromatic heterocycles. The van der Waals surface area contributed by atoms with Crippen LogP contribution >= 0.6 is 11.8 Å². The molecule has 2 atom stereocenters. The van der Waals surface area contributed by atoms with Crippen LogP contribution in [0.1, 0.15) is 36.9 Å². The first-order valence-corrected chi connectivity index (χ1v) is 7.70. The molecule has 1 fully saturated rings. The molecule has 0 saturated carbocycles. The molecule has 1 saturated heterocycles. The first-order valence-electron chi connectivity index (χ1n) is 6.65. The lowest BCUT2D eigenvalue weighted by Gasteiger charge is -2.25. The molecule has 1 nitrogen and oxygen atoms in total. The van der Waals surface area contributed by atoms with Crippen LogP contribution in [0.3, 0.4) is 0 Å². The lowest BCUT2D eigenvalue weighted by atomic mass is 9.98. The van der Waals surface area contributed by atoms with Crippen LogP contribution in [-0.4, -0.2) is 17.5 Å². The van der Waals surface area contributed by atoms with Crippen LogP contribution in [0, 0.1) is 5.82 Å². The Bertz CT molecular complexity index is 455. The van der Waals surface area contributed by atoms with E-state index in [1.165, 1.54) is 6.07 Å². The lowest BCUT2D eigenvalue weighted by Crippen LogP contribution is -2.29. The molecule has 1 N–H and O–H groups in total. The summed E-state index contributed by atoms with van der Waals surface area (Å²) in [4.78, 5) is 0. The van der Waals surface area contributed by atoms with Gasteiger partial charge in [0.1, 0.15) is 5.82 Å². The second kappa shape index (κ2) is 6.35. The van der Waals surface area contributed by atoms with Crippen molar-refractivity contribution in [2.45, 2.75) is 37.2 Å². The number of hydrogen-bond acceptors (Lipinski definition) is 2. The van der Waals surface area contributed by atoms with Gasteiger partial charge >= 0.3 is 6.18 Å². The summed E-state index contributed by atoms with van der Waals surface area (Å²) in [6.07, 6.45) is -2.61. The Morgan fingerprint density at radius 3 is 2.70 bits per heavy atom. The molecule has 6 heteroatoms. The topological polar surface area (TPSA) is 12.0 Å². The van der Waals surface area contributed by atoms with Crippen molar-refractivity contribution in [1.29, 1.82) is 0 Å². The van der Waals surface area contributed by atoms with E-state index in [0.717, 1.165) is 30.7 Å². The van der Waals surface area contributed by atoms with Crippen molar-refractivity contribution in [3.63, 3.8) is 0 Å². The molecule has 1 aliphatic rings. The van der Waals surface area contributed by atoms with Crippen LogP contribution in [0.15, 0.2) is 18.2 Å². The fraction of sp³-hybridized carbons (Fsp3) is 0.571. The van der Waals surface area contributed by atoms with E-state index >= 15 is 0 Å². The Morgan fingerprint density at radius 1 is 1.40 bits per heavy atom. The molecule has 1 aromatic carbocycles. The summed E-state index contributed by atoms with van der Waals surface area (Å²) >= 11 is 1.77. The minimum absolute atomic E-state index is 0.158. The molecule has 0 bridgehead atoms. The molecule has 0 radical (unpaired) electrons. The van der Waals surface area contributed by atoms with E-state index in [9.17, 15) is 17.6 Å². The van der Waals surface area contributed by atoms with E-state index in [-0.39, 0.29) is 11.3 Å². The van der Waals surface area contributed by atoms with E-state index in [0.29, 0.717) is 12.1 Å². The van der Waals surface area contributed by atoms with Gasteiger partial charge in [-0.05, 0) is 42.8 Å². The fourth-order valence-electron chi connectivity index (χ4n) is 2.50. The van der Waals surface area contributed by atoms with Gasteiger partial charge in [0.2, 0.25) is 0 Å². The van der Waals surface area contributed by atoms with Crippen molar-refractivity contribution < 1.29 is 17.6 Å². The molecule has 0 amide bonds. The third-order valence-electron chi connectivity index (χ3n) is 3.42. The predicted octanol–water partition coefficient (Wildman–Crippen LogP) is 4.39. The number of nitrogens with one attached hydrogen (secondary N) is 1. The molecule has 0 spiro atoms. The highest BCUT2D eigenvalue weighted by atomic mass is 32.2. The largest absolute Gasteiger partial charge is 0.419 e. The number of thioether (sulfide) groups is 1. The molecule has 1 aromatic rings. The van der Waals surface area contributed by atoms with E-state index in [1.807, 2.05) is 6.92 Å². The average molecular weight is 307 g/mol. The molecule has 2 unspecified atom stereocenters. The molecule has 1 heterocycles. The average Bonchev–Trinajstić information content (AvgIpc) is 2.89. The Hall–Kier alpha value is -0.750. The second-order valence-corrected chi connectivity index (χ2v) is 6.17. The van der Waals surface area contributed by atoms with Gasteiger partial charge in [0, 0.05) is 11.3 Å². The van der Waals surface area contributed by atoms with Gasteiger partial charge in [0.25, 0.3) is 0 Å². The van der Waals surface area contributed by atoms with E-state index in [4.69, 9.17) is 0 Å². The van der Waals surface area contributed by atoms with E-state index < -0.39 is 17.6 Å².